The molecule has 0 amide bonds. The van der Waals surface area contributed by atoms with Crippen molar-refractivity contribution in [2.24, 2.45) is 0 Å². The first-order chi connectivity index (χ1) is 3.39. The minimum absolute atomic E-state index is 0. The van der Waals surface area contributed by atoms with E-state index in [1.165, 1.54) is 12.7 Å². The summed E-state index contributed by atoms with van der Waals surface area (Å²) in [6, 6.07) is 0. The quantitative estimate of drug-likeness (QED) is 0.513. The fourth-order valence-corrected chi connectivity index (χ4v) is 0.349. The Hall–Kier alpha value is -0.0297. The zero-order valence-corrected chi connectivity index (χ0v) is 6.06. The average molecular weight is 221 g/mol. The molecule has 0 aromatic carbocycles. The predicted molar refractivity (Wildman–Crippen MR) is 27.2 cm³/mol. The second kappa shape index (κ2) is 3.91. The number of nitrogens with one attached hydrogen (secondary N) is 1. The van der Waals surface area contributed by atoms with Crippen LogP contribution >= 0.6 is 12.2 Å². The van der Waals surface area contributed by atoms with E-state index in [0.717, 1.165) is 0 Å². The molecule has 0 spiro atoms. The van der Waals surface area contributed by atoms with Crippen molar-refractivity contribution in [3.8, 4) is 0 Å². The average Bonchev–Trinajstić information content (AvgIpc) is 1.69. The summed E-state index contributed by atoms with van der Waals surface area (Å²) in [5.74, 6) is 0. The summed E-state index contributed by atoms with van der Waals surface area (Å²) in [5.41, 5.74) is 0. The van der Waals surface area contributed by atoms with Gasteiger partial charge in [0.2, 0.25) is 0 Å². The van der Waals surface area contributed by atoms with Crippen LogP contribution in [0.2, 0.25) is 0 Å². The van der Waals surface area contributed by atoms with Gasteiger partial charge in [-0.05, 0) is 12.2 Å². The molecule has 0 fully saturated rings. The molecule has 1 aromatic rings. The van der Waals surface area contributed by atoms with Crippen molar-refractivity contribution < 1.29 is 22.4 Å². The smallest absolute Gasteiger partial charge is 0.199 e. The van der Waals surface area contributed by atoms with Crippen molar-refractivity contribution in [2.75, 3.05) is 0 Å². The first-order valence-corrected chi connectivity index (χ1v) is 2.15. The van der Waals surface area contributed by atoms with Crippen LogP contribution in [0.3, 0.4) is 0 Å². The van der Waals surface area contributed by atoms with Crippen LogP contribution in [0.1, 0.15) is 0 Å². The molecule has 0 aliphatic carbocycles. The van der Waals surface area contributed by atoms with Gasteiger partial charge < -0.3 is 4.98 Å². The normalized spacial score (nSPS) is 7.50. The van der Waals surface area contributed by atoms with Gasteiger partial charge >= 0.3 is 0 Å². The second-order valence-electron chi connectivity index (χ2n) is 0.972. The van der Waals surface area contributed by atoms with Gasteiger partial charge in [0, 0.05) is 22.4 Å². The van der Waals surface area contributed by atoms with Crippen LogP contribution in [0, 0.1) is 4.77 Å². The maximum atomic E-state index is 4.61. The molecule has 0 bridgehead atoms. The van der Waals surface area contributed by atoms with E-state index in [4.69, 9.17) is 0 Å². The van der Waals surface area contributed by atoms with Crippen LogP contribution in [-0.2, 0) is 22.4 Å². The van der Waals surface area contributed by atoms with Gasteiger partial charge in [0.15, 0.2) is 4.77 Å². The maximum Gasteiger partial charge on any atom is 0.199 e. The summed E-state index contributed by atoms with van der Waals surface area (Å²) in [6.07, 6.45) is 2.90. The number of aromatic nitrogens is 3. The first kappa shape index (κ1) is 7.97. The van der Waals surface area contributed by atoms with Crippen LogP contribution in [0.25, 0.3) is 0 Å². The zero-order valence-electron chi connectivity index (χ0n) is 3.76. The molecule has 1 heterocycles. The monoisotopic (exact) mass is 220 g/mol. The summed E-state index contributed by atoms with van der Waals surface area (Å²) >= 11 is 4.61. The van der Waals surface area contributed by atoms with Gasteiger partial charge in [-0.25, -0.2) is 9.97 Å². The van der Waals surface area contributed by atoms with Crippen molar-refractivity contribution in [1.29, 1.82) is 0 Å². The minimum Gasteiger partial charge on any atom is -0.322 e. The van der Waals surface area contributed by atoms with Crippen LogP contribution in [0.15, 0.2) is 12.7 Å². The van der Waals surface area contributed by atoms with Gasteiger partial charge in [-0.3, -0.25) is 0 Å². The Morgan fingerprint density at radius 2 is 2.38 bits per heavy atom. The van der Waals surface area contributed by atoms with E-state index in [0.29, 0.717) is 4.77 Å². The Morgan fingerprint density at radius 3 is 2.62 bits per heavy atom. The molecular formula is C3H3AgN3S. The third-order valence-corrected chi connectivity index (χ3v) is 0.727. The van der Waals surface area contributed by atoms with Gasteiger partial charge in [-0.15, -0.1) is 0 Å². The zero-order chi connectivity index (χ0) is 5.11. The van der Waals surface area contributed by atoms with E-state index in [1.54, 1.807) is 0 Å². The van der Waals surface area contributed by atoms with E-state index in [9.17, 15) is 0 Å². The van der Waals surface area contributed by atoms with Crippen molar-refractivity contribution in [2.45, 2.75) is 0 Å². The topological polar surface area (TPSA) is 41.6 Å². The molecule has 5 heteroatoms. The van der Waals surface area contributed by atoms with E-state index in [2.05, 4.69) is 27.2 Å². The number of H-pyrrole nitrogens is 1. The minimum atomic E-state index is 0. The molecule has 1 N–H and O–H groups in total. The Labute approximate surface area is 67.1 Å². The largest absolute Gasteiger partial charge is 0.322 e. The van der Waals surface area contributed by atoms with Crippen molar-refractivity contribution in [3.63, 3.8) is 0 Å². The predicted octanol–water partition coefficient (Wildman–Crippen LogP) is 0.532. The summed E-state index contributed by atoms with van der Waals surface area (Å²) in [4.78, 5) is 9.86. The maximum absolute atomic E-state index is 4.61. The molecule has 0 aliphatic heterocycles. The molecule has 0 saturated carbocycles. The van der Waals surface area contributed by atoms with Gasteiger partial charge in [-0.1, -0.05) is 0 Å². The summed E-state index contributed by atoms with van der Waals surface area (Å²) in [7, 11) is 0. The van der Waals surface area contributed by atoms with Crippen molar-refractivity contribution >= 4 is 12.2 Å². The van der Waals surface area contributed by atoms with E-state index in [-0.39, 0.29) is 22.4 Å². The third-order valence-electron chi connectivity index (χ3n) is 0.504. The standard InChI is InChI=1S/C3H3N3S.Ag/c7-3-5-1-4-2-6-3;/h1-2H,(H,4,5,6,7);. The Balaban J connectivity index is 0.000000490. The fourth-order valence-electron chi connectivity index (χ4n) is 0.249. The SMILES string of the molecule is S=c1ncnc[nH]1.[Ag]. The Morgan fingerprint density at radius 1 is 1.62 bits per heavy atom. The molecule has 0 aliphatic rings. The van der Waals surface area contributed by atoms with Crippen LogP contribution in [0.5, 0.6) is 0 Å². The van der Waals surface area contributed by atoms with Crippen molar-refractivity contribution in [1.82, 2.24) is 15.0 Å². The van der Waals surface area contributed by atoms with Gasteiger partial charge in [0.05, 0.1) is 6.33 Å². The summed E-state index contributed by atoms with van der Waals surface area (Å²) in [6.45, 7) is 0. The first-order valence-electron chi connectivity index (χ1n) is 1.74. The molecule has 1 aromatic heterocycles. The number of nitrogens with zero attached hydrogens (tertiary/aromatic N) is 2. The molecule has 0 saturated heterocycles. The number of hydrogen-bond donors (Lipinski definition) is 1. The molecule has 0 unspecified atom stereocenters. The third kappa shape index (κ3) is 2.32. The van der Waals surface area contributed by atoms with Gasteiger partial charge in [0.1, 0.15) is 6.33 Å². The Kier molecular flexibility index (Phi) is 3.90. The van der Waals surface area contributed by atoms with Crippen LogP contribution < -0.4 is 0 Å². The molecular weight excluding hydrogens is 218 g/mol. The number of rotatable bonds is 0. The summed E-state index contributed by atoms with van der Waals surface area (Å²) in [5, 5.41) is 0. The van der Waals surface area contributed by atoms with Crippen molar-refractivity contribution in [3.05, 3.63) is 17.4 Å². The molecule has 1 radical (unpaired) electrons. The van der Waals surface area contributed by atoms with Crippen LogP contribution in [0.4, 0.5) is 0 Å². The van der Waals surface area contributed by atoms with E-state index in [1.807, 2.05) is 0 Å². The number of hydrogen-bond acceptors (Lipinski definition) is 3. The van der Waals surface area contributed by atoms with E-state index >= 15 is 0 Å². The number of aromatic amines is 1. The molecule has 0 atom stereocenters. The van der Waals surface area contributed by atoms with Gasteiger partial charge in [0.25, 0.3) is 0 Å². The fraction of sp³-hybridized carbons (Fsp3) is 0. The van der Waals surface area contributed by atoms with Gasteiger partial charge in [-0.2, -0.15) is 0 Å². The second-order valence-corrected chi connectivity index (χ2v) is 1.36. The summed E-state index contributed by atoms with van der Waals surface area (Å²) < 4.78 is 0.468. The molecule has 8 heavy (non-hydrogen) atoms. The Bertz CT molecular complexity index is 180. The molecule has 47 valence electrons. The molecule has 1 rings (SSSR count). The molecule has 3 nitrogen and oxygen atoms in total. The van der Waals surface area contributed by atoms with Crippen LogP contribution in [-0.4, -0.2) is 15.0 Å². The van der Waals surface area contributed by atoms with E-state index < -0.39 is 0 Å².